The molecule has 0 saturated heterocycles. The molecule has 0 amide bonds. The van der Waals surface area contributed by atoms with E-state index in [1.807, 2.05) is 0 Å². The summed E-state index contributed by atoms with van der Waals surface area (Å²) in [5.41, 5.74) is 0.103. The van der Waals surface area contributed by atoms with Crippen LogP contribution in [0.5, 0.6) is 0 Å². The maximum absolute atomic E-state index is 10.6. The Labute approximate surface area is 79.6 Å². The lowest BCUT2D eigenvalue weighted by atomic mass is 9.71. The average Bonchev–Trinajstić information content (AvgIpc) is 2.48. The van der Waals surface area contributed by atoms with Gasteiger partial charge in [-0.05, 0) is 12.8 Å². The lowest BCUT2D eigenvalue weighted by molar-refractivity contribution is 0.0695. The van der Waals surface area contributed by atoms with Crippen LogP contribution in [-0.2, 0) is 5.41 Å². The van der Waals surface area contributed by atoms with Crippen LogP contribution in [0.4, 0.5) is 0 Å². The van der Waals surface area contributed by atoms with Crippen LogP contribution in [0.3, 0.4) is 0 Å². The number of hydrogen-bond donors (Lipinski definition) is 1. The lowest BCUT2D eigenvalue weighted by Gasteiger charge is -2.35. The van der Waals surface area contributed by atoms with E-state index in [1.54, 1.807) is 0 Å². The van der Waals surface area contributed by atoms with Gasteiger partial charge in [-0.15, -0.1) is 10.2 Å². The Morgan fingerprint density at radius 1 is 1.54 bits per heavy atom. The highest BCUT2D eigenvalue weighted by Gasteiger charge is 2.37. The van der Waals surface area contributed by atoms with Crippen LogP contribution >= 0.6 is 11.3 Å². The van der Waals surface area contributed by atoms with Crippen LogP contribution in [0.15, 0.2) is 0 Å². The third kappa shape index (κ3) is 1.33. The maximum Gasteiger partial charge on any atom is 0.367 e. The summed E-state index contributed by atoms with van der Waals surface area (Å²) in [6.07, 6.45) is 3.40. The van der Waals surface area contributed by atoms with E-state index in [9.17, 15) is 4.79 Å². The summed E-state index contributed by atoms with van der Waals surface area (Å²) in [7, 11) is 0. The Hall–Kier alpha value is -0.970. The van der Waals surface area contributed by atoms with Gasteiger partial charge in [-0.25, -0.2) is 4.79 Å². The van der Waals surface area contributed by atoms with Crippen molar-refractivity contribution in [2.45, 2.75) is 31.6 Å². The van der Waals surface area contributed by atoms with Gasteiger partial charge in [0.25, 0.3) is 0 Å². The Balaban J connectivity index is 2.27. The zero-order chi connectivity index (χ0) is 9.47. The van der Waals surface area contributed by atoms with Crippen molar-refractivity contribution in [2.24, 2.45) is 0 Å². The molecule has 1 aliphatic carbocycles. The van der Waals surface area contributed by atoms with E-state index >= 15 is 0 Å². The van der Waals surface area contributed by atoms with Gasteiger partial charge in [0, 0.05) is 5.41 Å². The highest BCUT2D eigenvalue weighted by atomic mass is 32.1. The van der Waals surface area contributed by atoms with Gasteiger partial charge in [-0.3, -0.25) is 0 Å². The van der Waals surface area contributed by atoms with Crippen molar-refractivity contribution in [3.05, 3.63) is 10.0 Å². The topological polar surface area (TPSA) is 63.1 Å². The predicted molar refractivity (Wildman–Crippen MR) is 48.1 cm³/mol. The number of hydrogen-bond acceptors (Lipinski definition) is 4. The molecule has 0 radical (unpaired) electrons. The van der Waals surface area contributed by atoms with Gasteiger partial charge >= 0.3 is 5.97 Å². The van der Waals surface area contributed by atoms with Crippen LogP contribution in [0, 0.1) is 0 Å². The monoisotopic (exact) mass is 198 g/mol. The summed E-state index contributed by atoms with van der Waals surface area (Å²) < 4.78 is 0. The molecule has 0 spiro atoms. The van der Waals surface area contributed by atoms with E-state index in [4.69, 9.17) is 5.11 Å². The number of aromatic carboxylic acids is 1. The predicted octanol–water partition coefficient (Wildman–Crippen LogP) is 1.68. The van der Waals surface area contributed by atoms with Gasteiger partial charge in [-0.2, -0.15) is 0 Å². The molecule has 0 aliphatic heterocycles. The summed E-state index contributed by atoms with van der Waals surface area (Å²) in [4.78, 5) is 10.6. The minimum atomic E-state index is -0.980. The zero-order valence-electron chi connectivity index (χ0n) is 7.28. The lowest BCUT2D eigenvalue weighted by Crippen LogP contribution is -2.30. The molecule has 1 saturated carbocycles. The van der Waals surface area contributed by atoms with Crippen LogP contribution in [0.1, 0.15) is 41.0 Å². The summed E-state index contributed by atoms with van der Waals surface area (Å²) >= 11 is 1.20. The minimum absolute atomic E-state index is 0.100. The quantitative estimate of drug-likeness (QED) is 0.785. The molecular formula is C8H10N2O2S. The maximum atomic E-state index is 10.6. The molecule has 0 bridgehead atoms. The second-order valence-electron chi connectivity index (χ2n) is 3.63. The van der Waals surface area contributed by atoms with E-state index in [1.165, 1.54) is 17.8 Å². The number of carboxylic acid groups (broad SMARTS) is 1. The molecule has 1 heterocycles. The second kappa shape index (κ2) is 2.77. The summed E-state index contributed by atoms with van der Waals surface area (Å²) in [5.74, 6) is -0.980. The zero-order valence-corrected chi connectivity index (χ0v) is 8.10. The second-order valence-corrected chi connectivity index (χ2v) is 4.61. The van der Waals surface area contributed by atoms with E-state index in [0.29, 0.717) is 0 Å². The third-order valence-corrected chi connectivity index (χ3v) is 3.80. The minimum Gasteiger partial charge on any atom is -0.476 e. The molecule has 4 nitrogen and oxygen atoms in total. The standard InChI is InChI=1S/C8H10N2O2S/c1-8(3-2-4-8)7-10-9-5(13-7)6(11)12/h2-4H2,1H3,(H,11,12). The van der Waals surface area contributed by atoms with Crippen molar-refractivity contribution >= 4 is 17.3 Å². The Morgan fingerprint density at radius 2 is 2.23 bits per heavy atom. The van der Waals surface area contributed by atoms with Crippen LogP contribution in [0.2, 0.25) is 0 Å². The molecule has 13 heavy (non-hydrogen) atoms. The molecule has 0 aromatic carbocycles. The molecule has 5 heteroatoms. The van der Waals surface area contributed by atoms with Gasteiger partial charge in [-0.1, -0.05) is 24.7 Å². The molecule has 1 N–H and O–H groups in total. The van der Waals surface area contributed by atoms with E-state index in [-0.39, 0.29) is 10.4 Å². The van der Waals surface area contributed by atoms with E-state index in [0.717, 1.165) is 17.8 Å². The number of carboxylic acids is 1. The first-order chi connectivity index (χ1) is 6.12. The van der Waals surface area contributed by atoms with E-state index in [2.05, 4.69) is 17.1 Å². The largest absolute Gasteiger partial charge is 0.476 e. The van der Waals surface area contributed by atoms with Gasteiger partial charge < -0.3 is 5.11 Å². The molecule has 1 aromatic rings. The molecule has 1 aromatic heterocycles. The first-order valence-electron chi connectivity index (χ1n) is 4.19. The highest BCUT2D eigenvalue weighted by Crippen LogP contribution is 2.44. The first-order valence-corrected chi connectivity index (χ1v) is 5.01. The van der Waals surface area contributed by atoms with Crippen molar-refractivity contribution in [1.82, 2.24) is 10.2 Å². The summed E-state index contributed by atoms with van der Waals surface area (Å²) in [6.45, 7) is 2.11. The molecule has 1 fully saturated rings. The molecule has 0 atom stereocenters. The van der Waals surface area contributed by atoms with Crippen molar-refractivity contribution in [3.8, 4) is 0 Å². The molecule has 0 unspecified atom stereocenters. The average molecular weight is 198 g/mol. The van der Waals surface area contributed by atoms with Crippen molar-refractivity contribution in [2.75, 3.05) is 0 Å². The first kappa shape index (κ1) is 8.62. The number of rotatable bonds is 2. The van der Waals surface area contributed by atoms with Crippen LogP contribution in [-0.4, -0.2) is 21.3 Å². The fraction of sp³-hybridized carbons (Fsp3) is 0.625. The van der Waals surface area contributed by atoms with Gasteiger partial charge in [0.05, 0.1) is 0 Å². The Kier molecular flexibility index (Phi) is 1.83. The molecule has 1 aliphatic rings. The highest BCUT2D eigenvalue weighted by molar-refractivity contribution is 7.13. The Morgan fingerprint density at radius 3 is 2.62 bits per heavy atom. The smallest absolute Gasteiger partial charge is 0.367 e. The van der Waals surface area contributed by atoms with Gasteiger partial charge in [0.15, 0.2) is 0 Å². The van der Waals surface area contributed by atoms with Gasteiger partial charge in [0.1, 0.15) is 5.01 Å². The molecular weight excluding hydrogens is 188 g/mol. The summed E-state index contributed by atoms with van der Waals surface area (Å²) in [6, 6.07) is 0. The SMILES string of the molecule is CC1(c2nnc(C(=O)O)s2)CCC1. The number of aromatic nitrogens is 2. The van der Waals surface area contributed by atoms with E-state index < -0.39 is 5.97 Å². The number of carbonyl (C=O) groups is 1. The normalized spacial score (nSPS) is 19.5. The Bertz CT molecular complexity index is 344. The van der Waals surface area contributed by atoms with Crippen LogP contribution in [0.25, 0.3) is 0 Å². The van der Waals surface area contributed by atoms with Gasteiger partial charge in [0.2, 0.25) is 5.01 Å². The van der Waals surface area contributed by atoms with Crippen LogP contribution < -0.4 is 0 Å². The third-order valence-electron chi connectivity index (χ3n) is 2.58. The molecule has 2 rings (SSSR count). The fourth-order valence-corrected chi connectivity index (χ4v) is 2.36. The summed E-state index contributed by atoms with van der Waals surface area (Å²) in [5, 5.41) is 17.2. The fourth-order valence-electron chi connectivity index (χ4n) is 1.47. The van der Waals surface area contributed by atoms with Crippen molar-refractivity contribution in [1.29, 1.82) is 0 Å². The van der Waals surface area contributed by atoms with Crippen molar-refractivity contribution < 1.29 is 9.90 Å². The van der Waals surface area contributed by atoms with Crippen molar-refractivity contribution in [3.63, 3.8) is 0 Å². The number of nitrogens with zero attached hydrogens (tertiary/aromatic N) is 2. The molecule has 70 valence electrons.